The van der Waals surface area contributed by atoms with Gasteiger partial charge in [0, 0.05) is 12.8 Å². The average molecular weight is 235 g/mol. The average Bonchev–Trinajstić information content (AvgIpc) is 2.15. The first kappa shape index (κ1) is 14.6. The third-order valence-electron chi connectivity index (χ3n) is 2.27. The summed E-state index contributed by atoms with van der Waals surface area (Å²) in [6, 6.07) is 0. The number of carbonyl (C=O) groups is 1. The van der Waals surface area contributed by atoms with E-state index in [1.165, 1.54) is 0 Å². The molecule has 0 aromatic rings. The molecular weight excluding hydrogens is 214 g/mol. The molecule has 0 aromatic heterocycles. The van der Waals surface area contributed by atoms with Gasteiger partial charge < -0.3 is 5.32 Å². The van der Waals surface area contributed by atoms with E-state index >= 15 is 0 Å². The summed E-state index contributed by atoms with van der Waals surface area (Å²) in [5, 5.41) is 2.56. The summed E-state index contributed by atoms with van der Waals surface area (Å²) in [4.78, 5) is 11.3. The van der Waals surface area contributed by atoms with Gasteiger partial charge in [-0.1, -0.05) is 0 Å². The van der Waals surface area contributed by atoms with E-state index in [1.807, 2.05) is 7.05 Å². The van der Waals surface area contributed by atoms with E-state index in [2.05, 4.69) is 5.32 Å². The standard InChI is InChI=1S/C10H21NO3S/c1-9(2)15(13,14)8-6-10(12)5-4-7-11-3/h9,11H,4-8H2,1-3H3. The number of carbonyl (C=O) groups excluding carboxylic acids is 1. The Labute approximate surface area is 92.4 Å². The Morgan fingerprint density at radius 3 is 2.33 bits per heavy atom. The third-order valence-corrected chi connectivity index (χ3v) is 4.48. The lowest BCUT2D eigenvalue weighted by Crippen LogP contribution is -2.20. The van der Waals surface area contributed by atoms with Gasteiger partial charge in [-0.2, -0.15) is 0 Å². The number of nitrogens with one attached hydrogen (secondary N) is 1. The fraction of sp³-hybridized carbons (Fsp3) is 0.900. The normalized spacial score (nSPS) is 12.0. The van der Waals surface area contributed by atoms with Gasteiger partial charge >= 0.3 is 0 Å². The molecule has 0 aliphatic rings. The van der Waals surface area contributed by atoms with E-state index in [1.54, 1.807) is 13.8 Å². The van der Waals surface area contributed by atoms with E-state index in [4.69, 9.17) is 0 Å². The van der Waals surface area contributed by atoms with Crippen molar-refractivity contribution in [3.63, 3.8) is 0 Å². The first-order valence-electron chi connectivity index (χ1n) is 5.28. The topological polar surface area (TPSA) is 63.2 Å². The van der Waals surface area contributed by atoms with Crippen LogP contribution in [0.5, 0.6) is 0 Å². The van der Waals surface area contributed by atoms with Crippen molar-refractivity contribution in [3.8, 4) is 0 Å². The zero-order chi connectivity index (χ0) is 11.9. The highest BCUT2D eigenvalue weighted by Crippen LogP contribution is 2.04. The van der Waals surface area contributed by atoms with Crippen LogP contribution in [0.3, 0.4) is 0 Å². The number of Topliss-reactive ketones (excluding diaryl/α,β-unsaturated/α-hetero) is 1. The maximum atomic E-state index is 11.4. The molecule has 0 amide bonds. The minimum Gasteiger partial charge on any atom is -0.320 e. The molecule has 4 nitrogen and oxygen atoms in total. The quantitative estimate of drug-likeness (QED) is 0.631. The molecule has 0 aliphatic carbocycles. The van der Waals surface area contributed by atoms with Crippen LogP contribution in [0, 0.1) is 0 Å². The molecule has 5 heteroatoms. The fourth-order valence-corrected chi connectivity index (χ4v) is 2.06. The maximum absolute atomic E-state index is 11.4. The molecule has 0 atom stereocenters. The van der Waals surface area contributed by atoms with E-state index in [9.17, 15) is 13.2 Å². The zero-order valence-corrected chi connectivity index (χ0v) is 10.6. The number of hydrogen-bond acceptors (Lipinski definition) is 4. The summed E-state index contributed by atoms with van der Waals surface area (Å²) >= 11 is 0. The lowest BCUT2D eigenvalue weighted by molar-refractivity contribution is -0.118. The van der Waals surface area contributed by atoms with Gasteiger partial charge in [0.2, 0.25) is 0 Å². The second kappa shape index (κ2) is 6.95. The van der Waals surface area contributed by atoms with Crippen molar-refractivity contribution in [1.82, 2.24) is 5.32 Å². The van der Waals surface area contributed by atoms with E-state index < -0.39 is 9.84 Å². The molecule has 0 heterocycles. The molecule has 0 radical (unpaired) electrons. The summed E-state index contributed by atoms with van der Waals surface area (Å²) in [6.45, 7) is 4.07. The van der Waals surface area contributed by atoms with Crippen LogP contribution >= 0.6 is 0 Å². The molecule has 0 fully saturated rings. The fourth-order valence-electron chi connectivity index (χ4n) is 1.08. The van der Waals surface area contributed by atoms with Gasteiger partial charge in [0.25, 0.3) is 0 Å². The minimum absolute atomic E-state index is 0.0109. The molecule has 0 unspecified atom stereocenters. The van der Waals surface area contributed by atoms with Crippen LogP contribution in [0.15, 0.2) is 0 Å². The van der Waals surface area contributed by atoms with Crippen molar-refractivity contribution in [3.05, 3.63) is 0 Å². The van der Waals surface area contributed by atoms with Gasteiger partial charge in [0.1, 0.15) is 5.78 Å². The largest absolute Gasteiger partial charge is 0.320 e. The Bertz CT molecular complexity index is 283. The Morgan fingerprint density at radius 2 is 1.87 bits per heavy atom. The SMILES string of the molecule is CNCCCC(=O)CCS(=O)(=O)C(C)C. The third kappa shape index (κ3) is 6.62. The summed E-state index contributed by atoms with van der Waals surface area (Å²) in [5.74, 6) is 0.0257. The molecule has 0 saturated heterocycles. The van der Waals surface area contributed by atoms with Crippen molar-refractivity contribution < 1.29 is 13.2 Å². The summed E-state index contributed by atoms with van der Waals surface area (Å²) in [5.41, 5.74) is 0. The second-order valence-corrected chi connectivity index (χ2v) is 6.59. The Kier molecular flexibility index (Phi) is 6.76. The molecule has 90 valence electrons. The van der Waals surface area contributed by atoms with Gasteiger partial charge in [-0.15, -0.1) is 0 Å². The lowest BCUT2D eigenvalue weighted by atomic mass is 10.2. The zero-order valence-electron chi connectivity index (χ0n) is 9.75. The van der Waals surface area contributed by atoms with Crippen molar-refractivity contribution in [1.29, 1.82) is 0 Å². The van der Waals surface area contributed by atoms with Crippen molar-refractivity contribution >= 4 is 15.6 Å². The van der Waals surface area contributed by atoms with Crippen LogP contribution in [0.4, 0.5) is 0 Å². The number of hydrogen-bond donors (Lipinski definition) is 1. The number of ketones is 1. The van der Waals surface area contributed by atoms with E-state index in [0.29, 0.717) is 6.42 Å². The number of rotatable bonds is 8. The van der Waals surface area contributed by atoms with Crippen LogP contribution in [0.25, 0.3) is 0 Å². The predicted molar refractivity (Wildman–Crippen MR) is 61.7 cm³/mol. The van der Waals surface area contributed by atoms with Gasteiger partial charge in [-0.3, -0.25) is 4.79 Å². The molecule has 0 rings (SSSR count). The van der Waals surface area contributed by atoms with Crippen molar-refractivity contribution in [2.45, 2.75) is 38.4 Å². The van der Waals surface area contributed by atoms with Gasteiger partial charge in [0.15, 0.2) is 9.84 Å². The minimum atomic E-state index is -3.06. The summed E-state index contributed by atoms with van der Waals surface area (Å²) in [6.07, 6.45) is 1.40. The van der Waals surface area contributed by atoms with Crippen LogP contribution in [-0.2, 0) is 14.6 Å². The van der Waals surface area contributed by atoms with Crippen LogP contribution in [-0.4, -0.2) is 38.8 Å². The molecular formula is C10H21NO3S. The Balaban J connectivity index is 3.81. The Hall–Kier alpha value is -0.420. The highest BCUT2D eigenvalue weighted by molar-refractivity contribution is 7.91. The van der Waals surface area contributed by atoms with E-state index in [-0.39, 0.29) is 23.2 Å². The maximum Gasteiger partial charge on any atom is 0.153 e. The molecule has 0 spiro atoms. The highest BCUT2D eigenvalue weighted by Gasteiger charge is 2.17. The van der Waals surface area contributed by atoms with Crippen LogP contribution in [0.2, 0.25) is 0 Å². The summed E-state index contributed by atoms with van der Waals surface area (Å²) in [7, 11) is -1.23. The summed E-state index contributed by atoms with van der Waals surface area (Å²) < 4.78 is 22.8. The monoisotopic (exact) mass is 235 g/mol. The van der Waals surface area contributed by atoms with Crippen LogP contribution in [0.1, 0.15) is 33.1 Å². The Morgan fingerprint density at radius 1 is 1.27 bits per heavy atom. The van der Waals surface area contributed by atoms with Crippen LogP contribution < -0.4 is 5.32 Å². The molecule has 0 aromatic carbocycles. The second-order valence-electron chi connectivity index (χ2n) is 3.91. The van der Waals surface area contributed by atoms with Gasteiger partial charge in [-0.25, -0.2) is 8.42 Å². The van der Waals surface area contributed by atoms with Crippen molar-refractivity contribution in [2.75, 3.05) is 19.3 Å². The van der Waals surface area contributed by atoms with E-state index in [0.717, 1.165) is 13.0 Å². The molecule has 0 saturated carbocycles. The lowest BCUT2D eigenvalue weighted by Gasteiger charge is -2.06. The van der Waals surface area contributed by atoms with Gasteiger partial charge in [0.05, 0.1) is 11.0 Å². The predicted octanol–water partition coefficient (Wildman–Crippen LogP) is 0.768. The first-order valence-corrected chi connectivity index (χ1v) is 6.99. The molecule has 15 heavy (non-hydrogen) atoms. The molecule has 1 N–H and O–H groups in total. The van der Waals surface area contributed by atoms with Crippen molar-refractivity contribution in [2.24, 2.45) is 0 Å². The number of sulfone groups is 1. The van der Waals surface area contributed by atoms with Gasteiger partial charge in [-0.05, 0) is 33.9 Å². The smallest absolute Gasteiger partial charge is 0.153 e. The highest BCUT2D eigenvalue weighted by atomic mass is 32.2. The molecule has 0 aliphatic heterocycles. The first-order chi connectivity index (χ1) is 6.90. The molecule has 0 bridgehead atoms.